The lowest BCUT2D eigenvalue weighted by Crippen LogP contribution is -2.37. The fourth-order valence-electron chi connectivity index (χ4n) is 5.14. The van der Waals surface area contributed by atoms with E-state index < -0.39 is 12.5 Å². The van der Waals surface area contributed by atoms with Crippen LogP contribution < -0.4 is 14.8 Å². The molecular formula is C30H29F2N7O4. The molecule has 4 heterocycles. The molecule has 1 amide bonds. The number of carbonyl (C=O) groups excluding carboxylic acids is 1. The second kappa shape index (κ2) is 12.2. The fraction of sp³-hybridized carbons (Fsp3) is 0.267. The zero-order valence-electron chi connectivity index (χ0n) is 23.2. The molecule has 1 fully saturated rings. The molecule has 222 valence electrons. The van der Waals surface area contributed by atoms with Crippen molar-refractivity contribution in [1.82, 2.24) is 29.3 Å². The first-order valence-corrected chi connectivity index (χ1v) is 13.7. The lowest BCUT2D eigenvalue weighted by Gasteiger charge is -2.29. The minimum Gasteiger partial charge on any atom is -0.457 e. The summed E-state index contributed by atoms with van der Waals surface area (Å²) in [5, 5.41) is 21.3. The van der Waals surface area contributed by atoms with E-state index in [4.69, 9.17) is 9.47 Å². The maximum absolute atomic E-state index is 13.4. The number of hydrogen-bond acceptors (Lipinski definition) is 8. The summed E-state index contributed by atoms with van der Waals surface area (Å²) in [6.45, 7) is -0.761. The fourth-order valence-corrected chi connectivity index (χ4v) is 5.14. The topological polar surface area (TPSA) is 119 Å². The van der Waals surface area contributed by atoms with Crippen LogP contribution in [0.3, 0.4) is 0 Å². The van der Waals surface area contributed by atoms with Crippen LogP contribution in [0.1, 0.15) is 28.8 Å². The van der Waals surface area contributed by atoms with E-state index in [9.17, 15) is 18.7 Å². The largest absolute Gasteiger partial charge is 0.457 e. The molecule has 0 spiro atoms. The predicted octanol–water partition coefficient (Wildman–Crippen LogP) is 4.73. The van der Waals surface area contributed by atoms with Gasteiger partial charge in [0, 0.05) is 38.7 Å². The van der Waals surface area contributed by atoms with Crippen molar-refractivity contribution < 1.29 is 28.2 Å². The average molecular weight is 590 g/mol. The zero-order chi connectivity index (χ0) is 29.9. The van der Waals surface area contributed by atoms with Gasteiger partial charge in [0.1, 0.15) is 28.5 Å². The third-order valence-corrected chi connectivity index (χ3v) is 7.07. The number of β-amino-alcohol motifs (C(OH)–C–C–N with tert-alkyl or cyclic N) is 1. The summed E-state index contributed by atoms with van der Waals surface area (Å²) in [4.78, 5) is 19.6. The first-order chi connectivity index (χ1) is 20.8. The van der Waals surface area contributed by atoms with Crippen molar-refractivity contribution >= 4 is 17.2 Å². The van der Waals surface area contributed by atoms with Gasteiger partial charge in [-0.15, -0.1) is 0 Å². The molecule has 0 bridgehead atoms. The molecule has 13 heteroatoms. The number of halogens is 2. The number of fused-ring (bicyclic) bond motifs is 1. The van der Waals surface area contributed by atoms with Crippen LogP contribution >= 0.6 is 0 Å². The number of alkyl halides is 2. The van der Waals surface area contributed by atoms with E-state index in [1.54, 1.807) is 31.7 Å². The van der Waals surface area contributed by atoms with E-state index >= 15 is 0 Å². The number of piperidine rings is 1. The minimum absolute atomic E-state index is 0.131. The molecule has 1 unspecified atom stereocenters. The number of amides is 1. The lowest BCUT2D eigenvalue weighted by atomic mass is 10.1. The second-order valence-corrected chi connectivity index (χ2v) is 10.3. The van der Waals surface area contributed by atoms with Crippen molar-refractivity contribution in [3.05, 3.63) is 84.4 Å². The molecule has 2 aromatic carbocycles. The van der Waals surface area contributed by atoms with E-state index in [1.807, 2.05) is 24.3 Å². The number of anilines is 1. The zero-order valence-corrected chi connectivity index (χ0v) is 23.2. The SMILES string of the molecule is Cn1cc(NC(=O)c2cnn3cccnc23)c(-c2cc(Oc3ccc(CN4CCCC(O)C4)cc3)ccc2OC(F)F)n1. The molecule has 11 nitrogen and oxygen atoms in total. The van der Waals surface area contributed by atoms with Crippen LogP contribution in [0, 0.1) is 0 Å². The number of carbonyl (C=O) groups is 1. The summed E-state index contributed by atoms with van der Waals surface area (Å²) >= 11 is 0. The van der Waals surface area contributed by atoms with Crippen LogP contribution in [0.4, 0.5) is 14.5 Å². The number of rotatable bonds is 9. The number of aryl methyl sites for hydroxylation is 1. The summed E-state index contributed by atoms with van der Waals surface area (Å²) in [5.41, 5.74) is 2.36. The Balaban J connectivity index is 1.25. The number of ether oxygens (including phenoxy) is 2. The standard InChI is InChI=1S/C30H29F2N7O4/c1-37-18-25(35-29(41)24-15-34-39-13-3-11-33-28(24)39)27(36-37)23-14-22(9-10-26(23)43-30(31)32)42-21-7-5-19(6-8-21)16-38-12-2-4-20(40)17-38/h3,5-11,13-15,18,20,30,40H,2,4,12,16-17H2,1H3,(H,35,41). The highest BCUT2D eigenvalue weighted by Crippen LogP contribution is 2.39. The first-order valence-electron chi connectivity index (χ1n) is 13.7. The Morgan fingerprint density at radius 2 is 2.00 bits per heavy atom. The second-order valence-electron chi connectivity index (χ2n) is 10.3. The number of benzene rings is 2. The number of aromatic nitrogens is 5. The molecule has 0 aliphatic carbocycles. The Labute approximate surface area is 245 Å². The molecule has 1 aliphatic rings. The molecule has 6 rings (SSSR count). The van der Waals surface area contributed by atoms with Crippen LogP contribution in [-0.4, -0.2) is 66.1 Å². The van der Waals surface area contributed by atoms with Crippen molar-refractivity contribution in [2.45, 2.75) is 32.1 Å². The maximum Gasteiger partial charge on any atom is 0.387 e. The van der Waals surface area contributed by atoms with Gasteiger partial charge < -0.3 is 19.9 Å². The highest BCUT2D eigenvalue weighted by atomic mass is 19.3. The number of aliphatic hydroxyl groups is 1. The molecule has 0 saturated carbocycles. The summed E-state index contributed by atoms with van der Waals surface area (Å²) in [6.07, 6.45) is 7.69. The van der Waals surface area contributed by atoms with Gasteiger partial charge in [-0.2, -0.15) is 19.0 Å². The van der Waals surface area contributed by atoms with Gasteiger partial charge in [0.2, 0.25) is 0 Å². The normalized spacial score (nSPS) is 15.6. The van der Waals surface area contributed by atoms with Gasteiger partial charge in [0.25, 0.3) is 5.91 Å². The molecule has 3 aromatic heterocycles. The van der Waals surface area contributed by atoms with E-state index in [1.165, 1.54) is 33.6 Å². The Morgan fingerprint density at radius 1 is 1.19 bits per heavy atom. The van der Waals surface area contributed by atoms with Gasteiger partial charge in [-0.3, -0.25) is 14.4 Å². The highest BCUT2D eigenvalue weighted by molar-refractivity contribution is 6.09. The molecule has 2 N–H and O–H groups in total. The summed E-state index contributed by atoms with van der Waals surface area (Å²) in [6, 6.07) is 13.7. The van der Waals surface area contributed by atoms with Gasteiger partial charge in [0.05, 0.1) is 23.6 Å². The quantitative estimate of drug-likeness (QED) is 0.253. The van der Waals surface area contributed by atoms with Crippen LogP contribution in [0.2, 0.25) is 0 Å². The van der Waals surface area contributed by atoms with Crippen molar-refractivity contribution in [3.8, 4) is 28.5 Å². The smallest absolute Gasteiger partial charge is 0.387 e. The Morgan fingerprint density at radius 3 is 2.79 bits per heavy atom. The predicted molar refractivity (Wildman–Crippen MR) is 153 cm³/mol. The van der Waals surface area contributed by atoms with Crippen LogP contribution in [0.5, 0.6) is 17.2 Å². The van der Waals surface area contributed by atoms with Gasteiger partial charge in [-0.05, 0) is 61.3 Å². The number of nitrogens with one attached hydrogen (secondary N) is 1. The molecule has 1 atom stereocenters. The summed E-state index contributed by atoms with van der Waals surface area (Å²) in [5.74, 6) is 0.281. The Bertz CT molecular complexity index is 1740. The third kappa shape index (κ3) is 6.47. The molecule has 5 aromatic rings. The van der Waals surface area contributed by atoms with E-state index in [-0.39, 0.29) is 34.4 Å². The van der Waals surface area contributed by atoms with Gasteiger partial charge in [-0.25, -0.2) is 9.50 Å². The van der Waals surface area contributed by atoms with Gasteiger partial charge in [-0.1, -0.05) is 12.1 Å². The van der Waals surface area contributed by atoms with Crippen molar-refractivity contribution in [1.29, 1.82) is 0 Å². The van der Waals surface area contributed by atoms with Crippen molar-refractivity contribution in [2.75, 3.05) is 18.4 Å². The number of aliphatic hydroxyl groups excluding tert-OH is 1. The summed E-state index contributed by atoms with van der Waals surface area (Å²) in [7, 11) is 1.65. The van der Waals surface area contributed by atoms with E-state index in [0.29, 0.717) is 23.7 Å². The van der Waals surface area contributed by atoms with Crippen molar-refractivity contribution in [2.24, 2.45) is 7.05 Å². The first kappa shape index (κ1) is 28.2. The van der Waals surface area contributed by atoms with Crippen molar-refractivity contribution in [3.63, 3.8) is 0 Å². The van der Waals surface area contributed by atoms with Crippen LogP contribution in [0.15, 0.2) is 73.3 Å². The lowest BCUT2D eigenvalue weighted by molar-refractivity contribution is -0.0494. The maximum atomic E-state index is 13.4. The molecular weight excluding hydrogens is 560 g/mol. The Kier molecular flexibility index (Phi) is 7.99. The van der Waals surface area contributed by atoms with Gasteiger partial charge >= 0.3 is 6.61 Å². The monoisotopic (exact) mass is 589 g/mol. The number of likely N-dealkylation sites (tertiary alicyclic amines) is 1. The summed E-state index contributed by atoms with van der Waals surface area (Å²) < 4.78 is 40.5. The third-order valence-electron chi connectivity index (χ3n) is 7.07. The average Bonchev–Trinajstić information content (AvgIpc) is 3.58. The minimum atomic E-state index is -3.08. The molecule has 43 heavy (non-hydrogen) atoms. The Hall–Kier alpha value is -4.88. The molecule has 1 aliphatic heterocycles. The van der Waals surface area contributed by atoms with E-state index in [2.05, 4.69) is 25.4 Å². The molecule has 0 radical (unpaired) electrons. The van der Waals surface area contributed by atoms with Crippen LogP contribution in [0.25, 0.3) is 16.9 Å². The highest BCUT2D eigenvalue weighted by Gasteiger charge is 2.22. The van der Waals surface area contributed by atoms with E-state index in [0.717, 1.165) is 31.5 Å². The molecule has 1 saturated heterocycles. The van der Waals surface area contributed by atoms with Crippen LogP contribution in [-0.2, 0) is 13.6 Å². The number of nitrogens with zero attached hydrogens (tertiary/aromatic N) is 6. The number of hydrogen-bond donors (Lipinski definition) is 2. The van der Waals surface area contributed by atoms with Gasteiger partial charge in [0.15, 0.2) is 5.65 Å².